The van der Waals surface area contributed by atoms with E-state index in [2.05, 4.69) is 0 Å². The largest absolute Gasteiger partial charge is 0.412 e. The van der Waals surface area contributed by atoms with Crippen LogP contribution in [0.3, 0.4) is 0 Å². The van der Waals surface area contributed by atoms with E-state index in [9.17, 15) is 0 Å². The Hall–Kier alpha value is 1.15. The molecule has 89 valence electrons. The van der Waals surface area contributed by atoms with Crippen molar-refractivity contribution < 1.29 is 20.7 Å². The molecule has 2 rings (SSSR count). The van der Waals surface area contributed by atoms with Gasteiger partial charge in [-0.1, -0.05) is 0 Å². The third-order valence-corrected chi connectivity index (χ3v) is 11.2. The van der Waals surface area contributed by atoms with E-state index in [1.807, 2.05) is 0 Å². The minimum absolute atomic E-state index is 0. The zero-order valence-corrected chi connectivity index (χ0v) is 11.6. The average molecular weight is 423 g/mol. The van der Waals surface area contributed by atoms with E-state index in [0.29, 0.717) is 6.54 Å². The molecule has 0 radical (unpaired) electrons. The molecule has 3 nitrogen and oxygen atoms in total. The first-order valence-electron chi connectivity index (χ1n) is 4.48. The van der Waals surface area contributed by atoms with Crippen LogP contribution >= 0.6 is 18.8 Å². The van der Waals surface area contributed by atoms with E-state index in [4.69, 9.17) is 30.3 Å². The SMILES string of the molecule is NCC1(N)CC2CC[C]1([Pt]([Cl])[Cl])C2.O. The Morgan fingerprint density at radius 3 is 2.36 bits per heavy atom. The van der Waals surface area contributed by atoms with Gasteiger partial charge in [-0.25, -0.2) is 0 Å². The van der Waals surface area contributed by atoms with Crippen molar-refractivity contribution in [3.8, 4) is 0 Å². The fraction of sp³-hybridized carbons (Fsp3) is 1.00. The van der Waals surface area contributed by atoms with E-state index in [-0.39, 0.29) is 14.8 Å². The van der Waals surface area contributed by atoms with Crippen molar-refractivity contribution in [3.05, 3.63) is 0 Å². The van der Waals surface area contributed by atoms with Gasteiger partial charge < -0.3 is 5.48 Å². The Kier molecular flexibility index (Phi) is 3.96. The summed E-state index contributed by atoms with van der Waals surface area (Å²) in [6, 6.07) is 0. The van der Waals surface area contributed by atoms with Gasteiger partial charge in [0.25, 0.3) is 0 Å². The van der Waals surface area contributed by atoms with Crippen molar-refractivity contribution in [2.24, 2.45) is 17.4 Å². The normalized spacial score (nSPS) is 46.3. The van der Waals surface area contributed by atoms with Crippen LogP contribution in [0.4, 0.5) is 0 Å². The zero-order chi connectivity index (χ0) is 9.69. The van der Waals surface area contributed by atoms with E-state index < -0.39 is 15.2 Å². The third-order valence-electron chi connectivity index (χ3n) is 3.64. The second kappa shape index (κ2) is 4.19. The molecule has 0 aromatic heterocycles. The Morgan fingerprint density at radius 2 is 2.00 bits per heavy atom. The summed E-state index contributed by atoms with van der Waals surface area (Å²) in [6.45, 7) is 0.539. The molecule has 0 heterocycles. The maximum Gasteiger partial charge on any atom is -0.412 e. The second-order valence-electron chi connectivity index (χ2n) is 4.24. The van der Waals surface area contributed by atoms with Crippen LogP contribution in [0.1, 0.15) is 25.7 Å². The van der Waals surface area contributed by atoms with Crippen LogP contribution in [0.25, 0.3) is 0 Å². The summed E-state index contributed by atoms with van der Waals surface area (Å²) >= 11 is -1.90. The number of hydrogen-bond acceptors (Lipinski definition) is 2. The number of rotatable bonds is 2. The molecule has 6 heteroatoms. The van der Waals surface area contributed by atoms with Gasteiger partial charge in [-0.15, -0.1) is 0 Å². The van der Waals surface area contributed by atoms with Gasteiger partial charge in [0, 0.05) is 0 Å². The number of hydrogen-bond donors (Lipinski definition) is 2. The van der Waals surface area contributed by atoms with Gasteiger partial charge in [0.2, 0.25) is 0 Å². The summed E-state index contributed by atoms with van der Waals surface area (Å²) < 4.78 is 0.0557. The van der Waals surface area contributed by atoms with E-state index >= 15 is 0 Å². The van der Waals surface area contributed by atoms with Gasteiger partial charge in [0.1, 0.15) is 0 Å². The fourth-order valence-electron chi connectivity index (χ4n) is 2.87. The molecule has 0 aromatic carbocycles. The summed E-state index contributed by atoms with van der Waals surface area (Å²) in [4.78, 5) is 0. The van der Waals surface area contributed by atoms with E-state index in [1.165, 1.54) is 6.42 Å². The first-order chi connectivity index (χ1) is 6.04. The molecule has 0 aliphatic heterocycles. The average Bonchev–Trinajstić information content (AvgIpc) is 2.60. The summed E-state index contributed by atoms with van der Waals surface area (Å²) in [5.74, 6) is 0.742. The summed E-state index contributed by atoms with van der Waals surface area (Å²) in [5.41, 5.74) is 11.8. The van der Waals surface area contributed by atoms with Crippen LogP contribution in [0, 0.1) is 5.92 Å². The molecule has 2 saturated carbocycles. The number of nitrogens with two attached hydrogens (primary N) is 2. The standard InChI is InChI=1S/C8H15N2.2ClH.H2O.Pt/c9-5-8(10)4-6-1-2-7(8)3-6;;;;/h6H,1-5,9-10H2;2*1H;1H2;/q;;;;+2/p-2. The van der Waals surface area contributed by atoms with Crippen molar-refractivity contribution in [1.29, 1.82) is 0 Å². The Labute approximate surface area is 98.2 Å². The quantitative estimate of drug-likeness (QED) is 0.698. The van der Waals surface area contributed by atoms with E-state index in [1.54, 1.807) is 0 Å². The molecule has 3 unspecified atom stereocenters. The molecule has 0 saturated heterocycles. The Morgan fingerprint density at radius 1 is 1.36 bits per heavy atom. The molecule has 14 heavy (non-hydrogen) atoms. The predicted octanol–water partition coefficient (Wildman–Crippen LogP) is 1.11. The van der Waals surface area contributed by atoms with Crippen molar-refractivity contribution in [1.82, 2.24) is 0 Å². The molecule has 0 aromatic rings. The Bertz CT molecular complexity index is 231. The van der Waals surface area contributed by atoms with Crippen LogP contribution in [0.5, 0.6) is 0 Å². The van der Waals surface area contributed by atoms with Crippen LogP contribution < -0.4 is 11.5 Å². The molecular weight excluding hydrogens is 406 g/mol. The Balaban J connectivity index is 0.000000980. The summed E-state index contributed by atoms with van der Waals surface area (Å²) in [6.07, 6.45) is 4.55. The molecule has 3 atom stereocenters. The van der Waals surface area contributed by atoms with Gasteiger partial charge in [-0.05, 0) is 0 Å². The number of halogens is 2. The smallest absolute Gasteiger partial charge is 0.412 e. The van der Waals surface area contributed by atoms with Crippen molar-refractivity contribution >= 4 is 18.8 Å². The van der Waals surface area contributed by atoms with Crippen molar-refractivity contribution in [2.75, 3.05) is 6.54 Å². The predicted molar refractivity (Wildman–Crippen MR) is 55.9 cm³/mol. The van der Waals surface area contributed by atoms with Crippen LogP contribution in [0.2, 0.25) is 3.80 Å². The van der Waals surface area contributed by atoms with Crippen LogP contribution in [0.15, 0.2) is 0 Å². The minimum atomic E-state index is -1.90. The molecular formula is C8H17Cl2N2OPt. The summed E-state index contributed by atoms with van der Waals surface area (Å²) in [5, 5.41) is 0. The molecule has 6 N–H and O–H groups in total. The van der Waals surface area contributed by atoms with Gasteiger partial charge in [0.15, 0.2) is 0 Å². The maximum atomic E-state index is 6.32. The molecule has 2 aliphatic carbocycles. The monoisotopic (exact) mass is 422 g/mol. The van der Waals surface area contributed by atoms with Crippen molar-refractivity contribution in [2.45, 2.75) is 35.0 Å². The zero-order valence-electron chi connectivity index (χ0n) is 7.84. The van der Waals surface area contributed by atoms with Gasteiger partial charge >= 0.3 is 93.0 Å². The van der Waals surface area contributed by atoms with Crippen LogP contribution in [-0.2, 0) is 15.2 Å². The van der Waals surface area contributed by atoms with Gasteiger partial charge in [-0.3, -0.25) is 0 Å². The topological polar surface area (TPSA) is 83.5 Å². The maximum absolute atomic E-state index is 6.32. The molecule has 2 fully saturated rings. The number of fused-ring (bicyclic) bond motifs is 2. The first-order valence-corrected chi connectivity index (χ1v) is 11.3. The first kappa shape index (κ1) is 13.2. The third kappa shape index (κ3) is 1.57. The van der Waals surface area contributed by atoms with Crippen LogP contribution in [-0.4, -0.2) is 17.6 Å². The molecule has 0 spiro atoms. The van der Waals surface area contributed by atoms with Crippen molar-refractivity contribution in [3.63, 3.8) is 0 Å². The summed E-state index contributed by atoms with van der Waals surface area (Å²) in [7, 11) is 12.4. The van der Waals surface area contributed by atoms with Gasteiger partial charge in [-0.2, -0.15) is 0 Å². The second-order valence-corrected chi connectivity index (χ2v) is 12.5. The molecule has 2 bridgehead atoms. The minimum Gasteiger partial charge on any atom is -0.412 e. The molecule has 0 amide bonds. The van der Waals surface area contributed by atoms with Gasteiger partial charge in [0.05, 0.1) is 0 Å². The van der Waals surface area contributed by atoms with E-state index in [0.717, 1.165) is 25.2 Å². The fourth-order valence-corrected chi connectivity index (χ4v) is 9.68. The molecule has 2 aliphatic rings.